The molecule has 0 bridgehead atoms. The minimum Gasteiger partial charge on any atom is -0.395 e. The van der Waals surface area contributed by atoms with Crippen LogP contribution in [0, 0.1) is 10.1 Å². The topological polar surface area (TPSA) is 95.7 Å². The van der Waals surface area contributed by atoms with Crippen molar-refractivity contribution in [3.8, 4) is 0 Å². The first-order valence-corrected chi connectivity index (χ1v) is 6.46. The Morgan fingerprint density at radius 1 is 1.55 bits per heavy atom. The monoisotopic (exact) mass is 279 g/mol. The van der Waals surface area contributed by atoms with Gasteiger partial charge in [0.2, 0.25) is 0 Å². The van der Waals surface area contributed by atoms with E-state index in [-0.39, 0.29) is 30.8 Å². The van der Waals surface area contributed by atoms with Crippen LogP contribution in [-0.4, -0.2) is 47.1 Å². The summed E-state index contributed by atoms with van der Waals surface area (Å²) in [4.78, 5) is 24.4. The van der Waals surface area contributed by atoms with Crippen LogP contribution in [0.25, 0.3) is 0 Å². The Bertz CT molecular complexity index is 528. The van der Waals surface area contributed by atoms with Crippen LogP contribution in [0.2, 0.25) is 0 Å². The lowest BCUT2D eigenvalue weighted by Gasteiger charge is -2.21. The molecule has 0 spiro atoms. The van der Waals surface area contributed by atoms with Gasteiger partial charge in [-0.25, -0.2) is 0 Å². The van der Waals surface area contributed by atoms with Crippen molar-refractivity contribution >= 4 is 17.3 Å². The largest absolute Gasteiger partial charge is 0.395 e. The third kappa shape index (κ3) is 2.88. The number of aliphatic hydroxyl groups is 1. The van der Waals surface area contributed by atoms with E-state index in [1.54, 1.807) is 11.9 Å². The van der Waals surface area contributed by atoms with E-state index < -0.39 is 4.92 Å². The normalized spacial score (nSPS) is 13.9. The van der Waals surface area contributed by atoms with Crippen molar-refractivity contribution < 1.29 is 14.8 Å². The van der Waals surface area contributed by atoms with Gasteiger partial charge in [-0.3, -0.25) is 14.9 Å². The van der Waals surface area contributed by atoms with E-state index in [4.69, 9.17) is 5.11 Å². The van der Waals surface area contributed by atoms with Crippen molar-refractivity contribution in [1.29, 1.82) is 0 Å². The number of anilines is 1. The predicted molar refractivity (Wildman–Crippen MR) is 73.8 cm³/mol. The Morgan fingerprint density at radius 3 is 2.75 bits per heavy atom. The zero-order valence-electron chi connectivity index (χ0n) is 11.2. The van der Waals surface area contributed by atoms with Gasteiger partial charge in [-0.05, 0) is 25.0 Å². The van der Waals surface area contributed by atoms with Crippen LogP contribution in [0.5, 0.6) is 0 Å². The zero-order valence-corrected chi connectivity index (χ0v) is 11.2. The minimum atomic E-state index is -0.494. The fraction of sp³-hybridized carbons (Fsp3) is 0.462. The molecule has 1 aromatic carbocycles. The first kappa shape index (κ1) is 14.3. The molecule has 108 valence electrons. The number of nitro groups is 1. The van der Waals surface area contributed by atoms with E-state index in [1.165, 1.54) is 18.2 Å². The minimum absolute atomic E-state index is 0.0656. The van der Waals surface area contributed by atoms with Gasteiger partial charge in [0.15, 0.2) is 0 Å². The smallest absolute Gasteiger partial charge is 0.292 e. The molecule has 0 aliphatic heterocycles. The van der Waals surface area contributed by atoms with Gasteiger partial charge in [-0.15, -0.1) is 0 Å². The van der Waals surface area contributed by atoms with Gasteiger partial charge in [0, 0.05) is 31.3 Å². The van der Waals surface area contributed by atoms with E-state index in [2.05, 4.69) is 5.32 Å². The lowest BCUT2D eigenvalue weighted by Crippen LogP contribution is -2.35. The molecular formula is C13H17N3O4. The van der Waals surface area contributed by atoms with E-state index in [0.29, 0.717) is 11.3 Å². The van der Waals surface area contributed by atoms with Crippen molar-refractivity contribution in [2.75, 3.05) is 25.5 Å². The molecular weight excluding hydrogens is 262 g/mol. The van der Waals surface area contributed by atoms with Crippen LogP contribution in [0.15, 0.2) is 18.2 Å². The maximum Gasteiger partial charge on any atom is 0.292 e. The van der Waals surface area contributed by atoms with Gasteiger partial charge in [0.1, 0.15) is 5.69 Å². The average molecular weight is 279 g/mol. The Hall–Kier alpha value is -2.15. The first-order valence-electron chi connectivity index (χ1n) is 6.46. The quantitative estimate of drug-likeness (QED) is 0.603. The molecule has 7 heteroatoms. The van der Waals surface area contributed by atoms with Crippen LogP contribution in [0.1, 0.15) is 23.2 Å². The third-order valence-corrected chi connectivity index (χ3v) is 3.30. The molecule has 1 saturated carbocycles. The maximum atomic E-state index is 12.4. The summed E-state index contributed by atoms with van der Waals surface area (Å²) in [6.45, 7) is 0.198. The number of hydrogen-bond donors (Lipinski definition) is 2. The summed E-state index contributed by atoms with van der Waals surface area (Å²) in [6, 6.07) is 4.44. The Balaban J connectivity index is 2.27. The molecule has 0 aromatic heterocycles. The van der Waals surface area contributed by atoms with Crippen molar-refractivity contribution in [3.05, 3.63) is 33.9 Å². The highest BCUT2D eigenvalue weighted by Gasteiger charge is 2.33. The van der Waals surface area contributed by atoms with Crippen LogP contribution >= 0.6 is 0 Å². The first-order chi connectivity index (χ1) is 9.58. The van der Waals surface area contributed by atoms with E-state index in [1.807, 2.05) is 0 Å². The molecule has 0 radical (unpaired) electrons. The third-order valence-electron chi connectivity index (χ3n) is 3.30. The number of nitrogens with one attached hydrogen (secondary N) is 1. The lowest BCUT2D eigenvalue weighted by molar-refractivity contribution is -0.383. The van der Waals surface area contributed by atoms with Crippen LogP contribution in [0.4, 0.5) is 11.4 Å². The number of nitrogens with zero attached hydrogens (tertiary/aromatic N) is 2. The van der Waals surface area contributed by atoms with Crippen LogP contribution in [-0.2, 0) is 0 Å². The molecule has 1 fully saturated rings. The summed E-state index contributed by atoms with van der Waals surface area (Å²) in [5.74, 6) is -0.201. The van der Waals surface area contributed by atoms with Crippen molar-refractivity contribution in [3.63, 3.8) is 0 Å². The number of amides is 1. The average Bonchev–Trinajstić information content (AvgIpc) is 3.27. The Labute approximate surface area is 116 Å². The van der Waals surface area contributed by atoms with E-state index in [9.17, 15) is 14.9 Å². The highest BCUT2D eigenvalue weighted by atomic mass is 16.6. The SMILES string of the molecule is CNc1cc(C(=O)N(CCO)C2CC2)ccc1[N+](=O)[O-]. The molecule has 20 heavy (non-hydrogen) atoms. The van der Waals surface area contributed by atoms with Gasteiger partial charge in [0.25, 0.3) is 11.6 Å². The summed E-state index contributed by atoms with van der Waals surface area (Å²) in [5, 5.41) is 22.6. The molecule has 2 N–H and O–H groups in total. The fourth-order valence-electron chi connectivity index (χ4n) is 2.14. The molecule has 1 amide bonds. The zero-order chi connectivity index (χ0) is 14.7. The number of carbonyl (C=O) groups is 1. The number of aliphatic hydroxyl groups excluding tert-OH is 1. The number of rotatable bonds is 6. The van der Waals surface area contributed by atoms with Gasteiger partial charge >= 0.3 is 0 Å². The summed E-state index contributed by atoms with van der Waals surface area (Å²) in [5.41, 5.74) is 0.630. The van der Waals surface area contributed by atoms with Gasteiger partial charge < -0.3 is 15.3 Å². The summed E-state index contributed by atoms with van der Waals surface area (Å²) in [7, 11) is 1.57. The highest BCUT2D eigenvalue weighted by Crippen LogP contribution is 2.30. The van der Waals surface area contributed by atoms with E-state index >= 15 is 0 Å². The summed E-state index contributed by atoms with van der Waals surface area (Å²) >= 11 is 0. The van der Waals surface area contributed by atoms with Gasteiger partial charge in [-0.2, -0.15) is 0 Å². The Kier molecular flexibility index (Phi) is 4.19. The van der Waals surface area contributed by atoms with Crippen LogP contribution in [0.3, 0.4) is 0 Å². The van der Waals surface area contributed by atoms with E-state index in [0.717, 1.165) is 12.8 Å². The molecule has 1 aliphatic rings. The fourth-order valence-corrected chi connectivity index (χ4v) is 2.14. The molecule has 2 rings (SSSR count). The standard InChI is InChI=1S/C13H17N3O4/c1-14-11-8-9(2-5-12(11)16(19)20)13(18)15(6-7-17)10-3-4-10/h2,5,8,10,14,17H,3-4,6-7H2,1H3. The lowest BCUT2D eigenvalue weighted by atomic mass is 10.1. The maximum absolute atomic E-state index is 12.4. The molecule has 7 nitrogen and oxygen atoms in total. The molecule has 0 heterocycles. The van der Waals surface area contributed by atoms with Gasteiger partial charge in [0.05, 0.1) is 11.5 Å². The predicted octanol–water partition coefficient (Wildman–Crippen LogP) is 1.23. The molecule has 1 aliphatic carbocycles. The second-order valence-corrected chi connectivity index (χ2v) is 4.69. The highest BCUT2D eigenvalue weighted by molar-refractivity contribution is 5.96. The molecule has 0 unspecified atom stereocenters. The summed E-state index contributed by atoms with van der Waals surface area (Å²) in [6.07, 6.45) is 1.88. The van der Waals surface area contributed by atoms with Crippen molar-refractivity contribution in [2.45, 2.75) is 18.9 Å². The summed E-state index contributed by atoms with van der Waals surface area (Å²) < 4.78 is 0. The van der Waals surface area contributed by atoms with Gasteiger partial charge in [-0.1, -0.05) is 0 Å². The number of hydrogen-bond acceptors (Lipinski definition) is 5. The molecule has 1 aromatic rings. The molecule has 0 saturated heterocycles. The number of nitro benzene ring substituents is 1. The van der Waals surface area contributed by atoms with Crippen LogP contribution < -0.4 is 5.32 Å². The van der Waals surface area contributed by atoms with Crippen molar-refractivity contribution in [2.24, 2.45) is 0 Å². The number of carbonyl (C=O) groups excluding carboxylic acids is 1. The van der Waals surface area contributed by atoms with Crippen molar-refractivity contribution in [1.82, 2.24) is 4.90 Å². The second-order valence-electron chi connectivity index (χ2n) is 4.69. The Morgan fingerprint density at radius 2 is 2.25 bits per heavy atom. The molecule has 0 atom stereocenters. The second kappa shape index (κ2) is 5.87. The number of benzene rings is 1.